The van der Waals surface area contributed by atoms with E-state index in [1.807, 2.05) is 0 Å². The molecule has 0 bridgehead atoms. The van der Waals surface area contributed by atoms with Gasteiger partial charge in [-0.2, -0.15) is 0 Å². The lowest BCUT2D eigenvalue weighted by Gasteiger charge is -1.84. The molecule has 0 spiro atoms. The fourth-order valence-electron chi connectivity index (χ4n) is 0. The maximum Gasteiger partial charge on any atom is 0.146 e. The summed E-state index contributed by atoms with van der Waals surface area (Å²) in [5.41, 5.74) is 0. The lowest BCUT2D eigenvalue weighted by molar-refractivity contribution is 0.208. The summed E-state index contributed by atoms with van der Waals surface area (Å²) in [6, 6.07) is 0. The first-order valence-corrected chi connectivity index (χ1v) is 1.76. The Kier molecular flexibility index (Phi) is 2.33. The van der Waals surface area contributed by atoms with Crippen molar-refractivity contribution in [3.05, 3.63) is 0 Å². The lowest BCUT2D eigenvalue weighted by atomic mass is 10.7. The Morgan fingerprint density at radius 3 is 2.20 bits per heavy atom. The van der Waals surface area contributed by atoms with Crippen LogP contribution in [0.2, 0.25) is 0 Å². The van der Waals surface area contributed by atoms with E-state index in [2.05, 4.69) is 13.8 Å². The Morgan fingerprint density at radius 2 is 2.20 bits per heavy atom. The van der Waals surface area contributed by atoms with E-state index in [9.17, 15) is 0 Å². The molecule has 0 saturated heterocycles. The number of rotatable bonds is 1. The van der Waals surface area contributed by atoms with E-state index in [1.54, 1.807) is 6.92 Å². The van der Waals surface area contributed by atoms with Crippen molar-refractivity contribution in [2.24, 2.45) is 4.74 Å². The van der Waals surface area contributed by atoms with Gasteiger partial charge in [0.05, 0.1) is 0 Å². The lowest BCUT2D eigenvalue weighted by Crippen LogP contribution is -1.87. The van der Waals surface area contributed by atoms with Crippen LogP contribution in [0.4, 0.5) is 0 Å². The Morgan fingerprint density at radius 1 is 2.00 bits per heavy atom. The third-order valence-electron chi connectivity index (χ3n) is 0.187. The van der Waals surface area contributed by atoms with Gasteiger partial charge in [-0.25, -0.2) is 4.74 Å². The summed E-state index contributed by atoms with van der Waals surface area (Å²) in [7, 11) is 2.73. The molecule has 0 aliphatic carbocycles. The molecule has 0 aliphatic heterocycles. The van der Waals surface area contributed by atoms with Crippen LogP contribution in [0.25, 0.3) is 0 Å². The van der Waals surface area contributed by atoms with E-state index < -0.39 is 6.23 Å². The molecule has 0 aromatic heterocycles. The van der Waals surface area contributed by atoms with Crippen LogP contribution in [0.15, 0.2) is 4.74 Å². The van der Waals surface area contributed by atoms with Gasteiger partial charge in [-0.3, -0.25) is 0 Å². The van der Waals surface area contributed by atoms with Crippen LogP contribution in [0.1, 0.15) is 6.92 Å². The van der Waals surface area contributed by atoms with Crippen molar-refractivity contribution in [1.82, 2.24) is 0 Å². The maximum absolute atomic E-state index is 8.15. The minimum absolute atomic E-state index is 0.577. The molecule has 1 N–H and O–H groups in total. The number of nitrogens with zero attached hydrogens (tertiary/aromatic N) is 1. The van der Waals surface area contributed by atoms with Crippen molar-refractivity contribution in [2.75, 3.05) is 0 Å². The molecule has 0 fully saturated rings. The van der Waals surface area contributed by atoms with Crippen molar-refractivity contribution < 1.29 is 5.11 Å². The summed E-state index contributed by atoms with van der Waals surface area (Å²) in [6.45, 7) is 1.56. The topological polar surface area (TPSA) is 32.6 Å². The number of hydrogen-bond donors (Lipinski definition) is 1. The molecule has 30 valence electrons. The van der Waals surface area contributed by atoms with Crippen LogP contribution in [-0.2, 0) is 0 Å². The summed E-state index contributed by atoms with van der Waals surface area (Å²) in [6.07, 6.45) is -0.577. The van der Waals surface area contributed by atoms with E-state index in [0.717, 1.165) is 0 Å². The molecule has 0 saturated carbocycles. The van der Waals surface area contributed by atoms with Gasteiger partial charge < -0.3 is 5.11 Å². The van der Waals surface area contributed by atoms with E-state index in [0.29, 0.717) is 0 Å². The zero-order chi connectivity index (χ0) is 4.28. The fourth-order valence-corrected chi connectivity index (χ4v) is 0. The normalized spacial score (nSPS) is 14.0. The molecule has 0 heterocycles. The van der Waals surface area contributed by atoms with Crippen LogP contribution in [0, 0.1) is 0 Å². The van der Waals surface area contributed by atoms with Crippen LogP contribution >= 0.6 is 9.03 Å². The molecule has 0 amide bonds. The molecule has 1 unspecified atom stereocenters. The fraction of sp³-hybridized carbons (Fsp3) is 1.00. The van der Waals surface area contributed by atoms with Gasteiger partial charge in [-0.15, -0.1) is 0 Å². The van der Waals surface area contributed by atoms with Gasteiger partial charge in [0.25, 0.3) is 0 Å². The Balaban J connectivity index is 2.83. The second kappa shape index (κ2) is 2.31. The van der Waals surface area contributed by atoms with E-state index in [1.165, 1.54) is 0 Å². The highest BCUT2D eigenvalue weighted by Gasteiger charge is 1.76. The monoisotopic (exact) mass is 91.0 g/mol. The van der Waals surface area contributed by atoms with Crippen molar-refractivity contribution in [2.45, 2.75) is 13.2 Å². The molecule has 0 radical (unpaired) electrons. The molecule has 1 atom stereocenters. The Bertz CT molecular complexity index is 36.6. The van der Waals surface area contributed by atoms with E-state index in [4.69, 9.17) is 5.11 Å². The zero-order valence-electron chi connectivity index (χ0n) is 2.97. The van der Waals surface area contributed by atoms with Crippen LogP contribution < -0.4 is 0 Å². The predicted molar refractivity (Wildman–Crippen MR) is 22.4 cm³/mol. The highest BCUT2D eigenvalue weighted by atomic mass is 31.0. The quantitative estimate of drug-likeness (QED) is 0.472. The number of aliphatic hydroxyl groups excluding tert-OH is 1. The van der Waals surface area contributed by atoms with Crippen molar-refractivity contribution in [1.29, 1.82) is 0 Å². The minimum atomic E-state index is -0.577. The minimum Gasteiger partial charge on any atom is -0.372 e. The molecule has 0 rings (SSSR count). The zero-order valence-corrected chi connectivity index (χ0v) is 3.97. The highest BCUT2D eigenvalue weighted by Crippen LogP contribution is 1.80. The molecule has 0 aromatic carbocycles. The average molecular weight is 91.0 g/mol. The maximum atomic E-state index is 8.15. The SMILES string of the molecule is CC(O)N=P. The van der Waals surface area contributed by atoms with Gasteiger partial charge in [0, 0.05) is 0 Å². The molecular weight excluding hydrogens is 85.0 g/mol. The average Bonchev–Trinajstić information content (AvgIpc) is 1.38. The first-order chi connectivity index (χ1) is 2.27. The van der Waals surface area contributed by atoms with Crippen molar-refractivity contribution in [3.63, 3.8) is 0 Å². The van der Waals surface area contributed by atoms with Gasteiger partial charge in [0.1, 0.15) is 6.23 Å². The smallest absolute Gasteiger partial charge is 0.146 e. The molecule has 2 nitrogen and oxygen atoms in total. The van der Waals surface area contributed by atoms with Gasteiger partial charge in [0.15, 0.2) is 0 Å². The van der Waals surface area contributed by atoms with Crippen LogP contribution in [-0.4, -0.2) is 11.3 Å². The summed E-state index contributed by atoms with van der Waals surface area (Å²) in [4.78, 5) is 0. The Labute approximate surface area is 33.1 Å². The first kappa shape index (κ1) is 5.06. The Hall–Kier alpha value is 0.0600. The van der Waals surface area contributed by atoms with Gasteiger partial charge in [-0.1, -0.05) is 0 Å². The van der Waals surface area contributed by atoms with Crippen molar-refractivity contribution >= 4 is 9.03 Å². The van der Waals surface area contributed by atoms with Gasteiger partial charge >= 0.3 is 0 Å². The van der Waals surface area contributed by atoms with Crippen LogP contribution in [0.3, 0.4) is 0 Å². The molecule has 0 aliphatic rings. The van der Waals surface area contributed by atoms with E-state index in [-0.39, 0.29) is 0 Å². The summed E-state index contributed by atoms with van der Waals surface area (Å²) >= 11 is 0. The van der Waals surface area contributed by atoms with E-state index >= 15 is 0 Å². The molecule has 0 aromatic rings. The first-order valence-electron chi connectivity index (χ1n) is 1.32. The largest absolute Gasteiger partial charge is 0.372 e. The predicted octanol–water partition coefficient (Wildman–Crippen LogP) is 0.651. The summed E-state index contributed by atoms with van der Waals surface area (Å²) in [5.74, 6) is 0. The van der Waals surface area contributed by atoms with Gasteiger partial charge in [0.2, 0.25) is 0 Å². The highest BCUT2D eigenvalue weighted by molar-refractivity contribution is 7.04. The standard InChI is InChI=1S/C2H6NOP/c1-2(4)3-5/h2,4-5H,1H3. The van der Waals surface area contributed by atoms with Gasteiger partial charge in [-0.05, 0) is 16.0 Å². The summed E-state index contributed by atoms with van der Waals surface area (Å²) in [5, 5.41) is 8.15. The summed E-state index contributed by atoms with van der Waals surface area (Å²) < 4.78 is 3.25. The third-order valence-corrected chi connectivity index (χ3v) is 0.561. The second-order valence-corrected chi connectivity index (χ2v) is 1.02. The molecular formula is C2H6NOP. The third kappa shape index (κ3) is 4.06. The van der Waals surface area contributed by atoms with Crippen LogP contribution in [0.5, 0.6) is 0 Å². The second-order valence-electron chi connectivity index (χ2n) is 0.761. The number of aliphatic hydroxyl groups is 1. The molecule has 5 heavy (non-hydrogen) atoms. The molecule has 3 heteroatoms. The van der Waals surface area contributed by atoms with Crippen molar-refractivity contribution in [3.8, 4) is 0 Å². The number of hydrogen-bond acceptors (Lipinski definition) is 2.